The lowest BCUT2D eigenvalue weighted by Gasteiger charge is -2.39. The average molecular weight is 284 g/mol. The van der Waals surface area contributed by atoms with E-state index in [0.29, 0.717) is 0 Å². The van der Waals surface area contributed by atoms with Crippen molar-refractivity contribution in [1.29, 1.82) is 0 Å². The first-order chi connectivity index (χ1) is 8.14. The zero-order valence-electron chi connectivity index (χ0n) is 9.63. The quantitative estimate of drug-likeness (QED) is 0.439. The molecule has 4 N–H and O–H groups in total. The monoisotopic (exact) mass is 284 g/mol. The molecule has 0 aromatic carbocycles. The fourth-order valence-electron chi connectivity index (χ4n) is 1.77. The average Bonchev–Trinajstić information content (AvgIpc) is 2.20. The third-order valence-electron chi connectivity index (χ3n) is 2.71. The number of sulfone groups is 1. The number of aliphatic carboxylic acids is 1. The highest BCUT2D eigenvalue weighted by atomic mass is 32.2. The molecule has 0 amide bonds. The molecule has 1 heterocycles. The van der Waals surface area contributed by atoms with Gasteiger partial charge in [-0.25, -0.2) is 8.42 Å². The van der Waals surface area contributed by atoms with E-state index in [1.807, 2.05) is 0 Å². The van der Waals surface area contributed by atoms with Crippen molar-refractivity contribution in [3.05, 3.63) is 0 Å². The molecule has 18 heavy (non-hydrogen) atoms. The summed E-state index contributed by atoms with van der Waals surface area (Å²) in [5, 5.41) is 36.9. The van der Waals surface area contributed by atoms with Crippen molar-refractivity contribution in [1.82, 2.24) is 0 Å². The number of hydrogen-bond acceptors (Lipinski definition) is 7. The van der Waals surface area contributed by atoms with Crippen molar-refractivity contribution in [2.24, 2.45) is 0 Å². The van der Waals surface area contributed by atoms with Crippen molar-refractivity contribution in [3.8, 4) is 0 Å². The molecule has 1 aliphatic heterocycles. The van der Waals surface area contributed by atoms with Crippen LogP contribution in [0.5, 0.6) is 0 Å². The van der Waals surface area contributed by atoms with Gasteiger partial charge in [-0.2, -0.15) is 0 Å². The fourth-order valence-corrected chi connectivity index (χ4v) is 3.04. The highest BCUT2D eigenvalue weighted by molar-refractivity contribution is 7.92. The Hall–Kier alpha value is -0.740. The summed E-state index contributed by atoms with van der Waals surface area (Å²) in [6.07, 6.45) is -6.55. The van der Waals surface area contributed by atoms with Gasteiger partial charge < -0.3 is 25.2 Å². The molecule has 0 aromatic heterocycles. The molecule has 1 fully saturated rings. The van der Waals surface area contributed by atoms with Crippen molar-refractivity contribution in [2.75, 3.05) is 11.5 Å². The largest absolute Gasteiger partial charge is 0.480 e. The lowest BCUT2D eigenvalue weighted by Crippen LogP contribution is -2.58. The molecule has 0 aliphatic carbocycles. The SMILES string of the molecule is C[C@@H]1O[C@H](CS(=O)(=O)CC(=O)O)[C@@H](O)[C@H](O)[C@@H]1O. The van der Waals surface area contributed by atoms with E-state index >= 15 is 0 Å². The van der Waals surface area contributed by atoms with E-state index < -0.39 is 57.8 Å². The fraction of sp³-hybridized carbons (Fsp3) is 0.889. The van der Waals surface area contributed by atoms with E-state index in [1.54, 1.807) is 0 Å². The minimum absolute atomic E-state index is 0.728. The maximum atomic E-state index is 11.4. The molecule has 5 atom stereocenters. The predicted molar refractivity (Wildman–Crippen MR) is 58.6 cm³/mol. The molecule has 106 valence electrons. The molecule has 0 spiro atoms. The summed E-state index contributed by atoms with van der Waals surface area (Å²) >= 11 is 0. The molecular formula is C9H16O8S. The van der Waals surface area contributed by atoms with Crippen LogP contribution in [-0.4, -0.2) is 76.8 Å². The van der Waals surface area contributed by atoms with Crippen LogP contribution in [-0.2, 0) is 19.4 Å². The van der Waals surface area contributed by atoms with Gasteiger partial charge in [0.15, 0.2) is 9.84 Å². The lowest BCUT2D eigenvalue weighted by atomic mass is 9.96. The van der Waals surface area contributed by atoms with Gasteiger partial charge in [0.1, 0.15) is 30.2 Å². The number of aliphatic hydroxyl groups excluding tert-OH is 3. The van der Waals surface area contributed by atoms with Crippen LogP contribution in [0.25, 0.3) is 0 Å². The second kappa shape index (κ2) is 5.49. The first kappa shape index (κ1) is 15.3. The minimum atomic E-state index is -3.95. The van der Waals surface area contributed by atoms with Crippen molar-refractivity contribution < 1.29 is 38.4 Å². The number of carboxylic acid groups (broad SMARTS) is 1. The van der Waals surface area contributed by atoms with Gasteiger partial charge in [-0.1, -0.05) is 0 Å². The summed E-state index contributed by atoms with van der Waals surface area (Å²) in [6.45, 7) is 1.41. The Kier molecular flexibility index (Phi) is 4.67. The zero-order chi connectivity index (χ0) is 14.1. The van der Waals surface area contributed by atoms with E-state index in [2.05, 4.69) is 0 Å². The van der Waals surface area contributed by atoms with Gasteiger partial charge in [0.2, 0.25) is 0 Å². The van der Waals surface area contributed by atoms with E-state index in [1.165, 1.54) is 6.92 Å². The van der Waals surface area contributed by atoms with E-state index in [4.69, 9.17) is 9.84 Å². The Balaban J connectivity index is 2.75. The topological polar surface area (TPSA) is 141 Å². The summed E-state index contributed by atoms with van der Waals surface area (Å²) in [7, 11) is -3.95. The Labute approximate surface area is 104 Å². The summed E-state index contributed by atoms with van der Waals surface area (Å²) in [6, 6.07) is 0. The van der Waals surface area contributed by atoms with Crippen molar-refractivity contribution in [2.45, 2.75) is 37.4 Å². The Morgan fingerprint density at radius 3 is 2.22 bits per heavy atom. The maximum Gasteiger partial charge on any atom is 0.318 e. The van der Waals surface area contributed by atoms with Gasteiger partial charge in [-0.3, -0.25) is 4.79 Å². The predicted octanol–water partition coefficient (Wildman–Crippen LogP) is -2.64. The summed E-state index contributed by atoms with van der Waals surface area (Å²) in [5.74, 6) is -3.31. The Bertz CT molecular complexity index is 405. The minimum Gasteiger partial charge on any atom is -0.480 e. The van der Waals surface area contributed by atoms with Crippen molar-refractivity contribution >= 4 is 15.8 Å². The first-order valence-corrected chi connectivity index (χ1v) is 7.08. The van der Waals surface area contributed by atoms with E-state index in [-0.39, 0.29) is 0 Å². The number of ether oxygens (including phenoxy) is 1. The van der Waals surface area contributed by atoms with E-state index in [0.717, 1.165) is 0 Å². The van der Waals surface area contributed by atoms with E-state index in [9.17, 15) is 28.5 Å². The third-order valence-corrected chi connectivity index (χ3v) is 4.24. The zero-order valence-corrected chi connectivity index (χ0v) is 10.4. The lowest BCUT2D eigenvalue weighted by molar-refractivity contribution is -0.210. The second-order valence-corrected chi connectivity index (χ2v) is 6.41. The molecule has 0 aromatic rings. The maximum absolute atomic E-state index is 11.4. The second-order valence-electron chi connectivity index (χ2n) is 4.30. The highest BCUT2D eigenvalue weighted by Gasteiger charge is 2.43. The molecule has 1 rings (SSSR count). The number of hydrogen-bond donors (Lipinski definition) is 4. The highest BCUT2D eigenvalue weighted by Crippen LogP contribution is 2.22. The van der Waals surface area contributed by atoms with Gasteiger partial charge >= 0.3 is 5.97 Å². The summed E-state index contributed by atoms with van der Waals surface area (Å²) in [4.78, 5) is 10.3. The number of carbonyl (C=O) groups is 1. The summed E-state index contributed by atoms with van der Waals surface area (Å²) in [5.41, 5.74) is 0. The van der Waals surface area contributed by atoms with Crippen LogP contribution in [0, 0.1) is 0 Å². The summed E-state index contributed by atoms with van der Waals surface area (Å²) < 4.78 is 27.9. The third kappa shape index (κ3) is 3.62. The molecular weight excluding hydrogens is 268 g/mol. The van der Waals surface area contributed by atoms with Gasteiger partial charge in [-0.05, 0) is 6.92 Å². The molecule has 8 nitrogen and oxygen atoms in total. The van der Waals surface area contributed by atoms with Crippen LogP contribution >= 0.6 is 0 Å². The van der Waals surface area contributed by atoms with Crippen LogP contribution in [0.3, 0.4) is 0 Å². The van der Waals surface area contributed by atoms with Gasteiger partial charge in [-0.15, -0.1) is 0 Å². The Morgan fingerprint density at radius 1 is 1.17 bits per heavy atom. The molecule has 0 radical (unpaired) electrons. The van der Waals surface area contributed by atoms with Crippen molar-refractivity contribution in [3.63, 3.8) is 0 Å². The van der Waals surface area contributed by atoms with Crippen LogP contribution in [0.2, 0.25) is 0 Å². The van der Waals surface area contributed by atoms with Gasteiger partial charge in [0.25, 0.3) is 0 Å². The first-order valence-electron chi connectivity index (χ1n) is 5.26. The normalized spacial score (nSPS) is 37.4. The van der Waals surface area contributed by atoms with Gasteiger partial charge in [0, 0.05) is 0 Å². The molecule has 1 aliphatic rings. The number of carboxylic acids is 1. The van der Waals surface area contributed by atoms with Crippen LogP contribution in [0.4, 0.5) is 0 Å². The molecule has 1 saturated heterocycles. The number of rotatable bonds is 4. The van der Waals surface area contributed by atoms with Crippen LogP contribution in [0.1, 0.15) is 6.92 Å². The molecule has 9 heteroatoms. The Morgan fingerprint density at radius 2 is 1.72 bits per heavy atom. The van der Waals surface area contributed by atoms with Gasteiger partial charge in [0.05, 0.1) is 11.9 Å². The molecule has 0 unspecified atom stereocenters. The van der Waals surface area contributed by atoms with Crippen LogP contribution in [0.15, 0.2) is 0 Å². The molecule has 0 bridgehead atoms. The van der Waals surface area contributed by atoms with Crippen LogP contribution < -0.4 is 0 Å². The number of aliphatic hydroxyl groups is 3. The standard InChI is InChI=1S/C9H16O8S/c1-4-7(12)9(14)8(13)5(17-4)2-18(15,16)3-6(10)11/h4-5,7-9,12-14H,2-3H2,1H3,(H,10,11)/t4-,5+,7+,8+,9+/m0/s1. The smallest absolute Gasteiger partial charge is 0.318 e. The molecule has 0 saturated carbocycles.